The van der Waals surface area contributed by atoms with Gasteiger partial charge in [-0.3, -0.25) is 0 Å². The summed E-state index contributed by atoms with van der Waals surface area (Å²) in [6.07, 6.45) is -0.653. The zero-order valence-corrected chi connectivity index (χ0v) is 12.3. The average molecular weight is 279 g/mol. The summed E-state index contributed by atoms with van der Waals surface area (Å²) in [7, 11) is 0. The Balaban J connectivity index is 2.84. The van der Waals surface area contributed by atoms with Crippen molar-refractivity contribution in [3.8, 4) is 0 Å². The fourth-order valence-corrected chi connectivity index (χ4v) is 1.57. The van der Waals surface area contributed by atoms with E-state index in [-0.39, 0.29) is 6.61 Å². The minimum atomic E-state index is -0.869. The van der Waals surface area contributed by atoms with Crippen LogP contribution in [-0.2, 0) is 14.3 Å². The summed E-state index contributed by atoms with van der Waals surface area (Å²) in [6.45, 7) is 7.24. The number of hydrogen-bond donors (Lipinski definition) is 1. The zero-order valence-electron chi connectivity index (χ0n) is 12.3. The van der Waals surface area contributed by atoms with Gasteiger partial charge in [-0.2, -0.15) is 0 Å². The highest BCUT2D eigenvalue weighted by Crippen LogP contribution is 2.16. The van der Waals surface area contributed by atoms with E-state index < -0.39 is 23.7 Å². The summed E-state index contributed by atoms with van der Waals surface area (Å²) >= 11 is 0. The predicted octanol–water partition coefficient (Wildman–Crippen LogP) is 2.82. The van der Waals surface area contributed by atoms with E-state index in [0.717, 1.165) is 0 Å². The summed E-state index contributed by atoms with van der Waals surface area (Å²) in [5.41, 5.74) is 0.0248. The molecule has 1 atom stereocenters. The van der Waals surface area contributed by atoms with Crippen molar-refractivity contribution < 1.29 is 19.1 Å². The fourth-order valence-electron chi connectivity index (χ4n) is 1.57. The van der Waals surface area contributed by atoms with E-state index in [1.807, 2.05) is 6.07 Å². The molecule has 0 aliphatic heterocycles. The van der Waals surface area contributed by atoms with Crippen molar-refractivity contribution in [2.24, 2.45) is 0 Å². The highest BCUT2D eigenvalue weighted by molar-refractivity contribution is 5.82. The van der Waals surface area contributed by atoms with E-state index in [1.165, 1.54) is 0 Å². The minimum Gasteiger partial charge on any atom is -0.464 e. The number of benzene rings is 1. The number of amides is 1. The van der Waals surface area contributed by atoms with E-state index in [2.05, 4.69) is 5.32 Å². The molecule has 0 spiro atoms. The number of nitrogens with one attached hydrogen (secondary N) is 1. The van der Waals surface area contributed by atoms with Gasteiger partial charge in [-0.1, -0.05) is 30.3 Å². The number of hydrogen-bond acceptors (Lipinski definition) is 4. The molecule has 0 radical (unpaired) electrons. The lowest BCUT2D eigenvalue weighted by Gasteiger charge is -2.23. The van der Waals surface area contributed by atoms with Crippen molar-refractivity contribution in [3.63, 3.8) is 0 Å². The van der Waals surface area contributed by atoms with Crippen LogP contribution in [0.1, 0.15) is 39.3 Å². The third-order valence-corrected chi connectivity index (χ3v) is 2.32. The molecule has 1 aromatic rings. The van der Waals surface area contributed by atoms with Crippen LogP contribution in [0, 0.1) is 0 Å². The van der Waals surface area contributed by atoms with Gasteiger partial charge in [0.05, 0.1) is 6.61 Å². The lowest BCUT2D eigenvalue weighted by Crippen LogP contribution is -2.38. The van der Waals surface area contributed by atoms with Crippen LogP contribution in [-0.4, -0.2) is 24.3 Å². The molecule has 0 aromatic heterocycles. The van der Waals surface area contributed by atoms with Gasteiger partial charge in [0.25, 0.3) is 0 Å². The van der Waals surface area contributed by atoms with Crippen LogP contribution < -0.4 is 5.32 Å². The molecule has 0 aliphatic carbocycles. The second kappa shape index (κ2) is 6.93. The number of esters is 1. The maximum atomic E-state index is 12.0. The van der Waals surface area contributed by atoms with Gasteiger partial charge in [0, 0.05) is 0 Å². The average Bonchev–Trinajstić information content (AvgIpc) is 2.35. The van der Waals surface area contributed by atoms with Crippen LogP contribution in [0.2, 0.25) is 0 Å². The van der Waals surface area contributed by atoms with Crippen molar-refractivity contribution in [2.45, 2.75) is 39.3 Å². The van der Waals surface area contributed by atoms with E-state index in [1.54, 1.807) is 52.0 Å². The number of carbonyl (C=O) groups excluding carboxylic acids is 2. The molecule has 1 N–H and O–H groups in total. The molecule has 0 bridgehead atoms. The SMILES string of the molecule is CCOC(=O)[C@H](NC(=O)OC(C)(C)C)c1ccccc1. The van der Waals surface area contributed by atoms with Crippen molar-refractivity contribution in [3.05, 3.63) is 35.9 Å². The van der Waals surface area contributed by atoms with Gasteiger partial charge < -0.3 is 14.8 Å². The van der Waals surface area contributed by atoms with Crippen LogP contribution >= 0.6 is 0 Å². The quantitative estimate of drug-likeness (QED) is 0.861. The van der Waals surface area contributed by atoms with Crippen molar-refractivity contribution in [1.29, 1.82) is 0 Å². The van der Waals surface area contributed by atoms with Crippen LogP contribution in [0.25, 0.3) is 0 Å². The smallest absolute Gasteiger partial charge is 0.408 e. The number of ether oxygens (including phenoxy) is 2. The molecule has 5 nitrogen and oxygen atoms in total. The Morgan fingerprint density at radius 1 is 1.20 bits per heavy atom. The van der Waals surface area contributed by atoms with Gasteiger partial charge in [-0.15, -0.1) is 0 Å². The van der Waals surface area contributed by atoms with Crippen molar-refractivity contribution in [1.82, 2.24) is 5.32 Å². The maximum absolute atomic E-state index is 12.0. The van der Waals surface area contributed by atoms with Gasteiger partial charge in [-0.25, -0.2) is 9.59 Å². The first-order valence-corrected chi connectivity index (χ1v) is 6.54. The Hall–Kier alpha value is -2.04. The molecule has 1 amide bonds. The molecule has 0 saturated carbocycles. The Labute approximate surface area is 119 Å². The topological polar surface area (TPSA) is 64.6 Å². The molecule has 20 heavy (non-hydrogen) atoms. The Bertz CT molecular complexity index is 451. The third-order valence-electron chi connectivity index (χ3n) is 2.32. The molecular formula is C15H21NO4. The highest BCUT2D eigenvalue weighted by atomic mass is 16.6. The zero-order chi connectivity index (χ0) is 15.2. The van der Waals surface area contributed by atoms with Crippen LogP contribution in [0.3, 0.4) is 0 Å². The first-order valence-electron chi connectivity index (χ1n) is 6.54. The molecular weight excluding hydrogens is 258 g/mol. The first-order chi connectivity index (χ1) is 9.33. The summed E-state index contributed by atoms with van der Waals surface area (Å²) in [5, 5.41) is 2.54. The monoisotopic (exact) mass is 279 g/mol. The van der Waals surface area contributed by atoms with Crippen molar-refractivity contribution in [2.75, 3.05) is 6.61 Å². The van der Waals surface area contributed by atoms with Crippen LogP contribution in [0.4, 0.5) is 4.79 Å². The van der Waals surface area contributed by atoms with E-state index >= 15 is 0 Å². The molecule has 1 rings (SSSR count). The van der Waals surface area contributed by atoms with Gasteiger partial charge in [0.2, 0.25) is 0 Å². The van der Waals surface area contributed by atoms with Crippen molar-refractivity contribution >= 4 is 12.1 Å². The lowest BCUT2D eigenvalue weighted by molar-refractivity contribution is -0.145. The normalized spacial score (nSPS) is 12.4. The molecule has 110 valence electrons. The minimum absolute atomic E-state index is 0.248. The molecule has 0 unspecified atom stereocenters. The number of alkyl carbamates (subject to hydrolysis) is 1. The Morgan fingerprint density at radius 2 is 1.80 bits per heavy atom. The standard InChI is InChI=1S/C15H21NO4/c1-5-19-13(17)12(11-9-7-6-8-10-11)16-14(18)20-15(2,3)4/h6-10,12H,5H2,1-4H3,(H,16,18)/t12-/m1/s1. The Morgan fingerprint density at radius 3 is 2.30 bits per heavy atom. The Kier molecular flexibility index (Phi) is 5.55. The molecule has 0 heterocycles. The first kappa shape index (κ1) is 16.0. The lowest BCUT2D eigenvalue weighted by atomic mass is 10.1. The third kappa shape index (κ3) is 5.30. The second-order valence-electron chi connectivity index (χ2n) is 5.24. The number of carbonyl (C=O) groups is 2. The van der Waals surface area contributed by atoms with Crippen LogP contribution in [0.15, 0.2) is 30.3 Å². The molecule has 0 saturated heterocycles. The van der Waals surface area contributed by atoms with Gasteiger partial charge in [0.15, 0.2) is 6.04 Å². The summed E-state index contributed by atoms with van der Waals surface area (Å²) in [6, 6.07) is 8.04. The summed E-state index contributed by atoms with van der Waals surface area (Å²) < 4.78 is 10.1. The van der Waals surface area contributed by atoms with E-state index in [0.29, 0.717) is 5.56 Å². The van der Waals surface area contributed by atoms with E-state index in [4.69, 9.17) is 9.47 Å². The van der Waals surface area contributed by atoms with Gasteiger partial charge in [-0.05, 0) is 33.3 Å². The molecule has 0 fully saturated rings. The fraction of sp³-hybridized carbons (Fsp3) is 0.467. The summed E-state index contributed by atoms with van der Waals surface area (Å²) in [4.78, 5) is 23.8. The van der Waals surface area contributed by atoms with E-state index in [9.17, 15) is 9.59 Å². The molecule has 5 heteroatoms. The predicted molar refractivity (Wildman–Crippen MR) is 75.2 cm³/mol. The van der Waals surface area contributed by atoms with Crippen LogP contribution in [0.5, 0.6) is 0 Å². The summed E-state index contributed by atoms with van der Waals surface area (Å²) in [5.74, 6) is -0.510. The van der Waals surface area contributed by atoms with Gasteiger partial charge in [0.1, 0.15) is 5.60 Å². The number of rotatable bonds is 4. The van der Waals surface area contributed by atoms with Gasteiger partial charge >= 0.3 is 12.1 Å². The molecule has 0 aliphatic rings. The second-order valence-corrected chi connectivity index (χ2v) is 5.24. The maximum Gasteiger partial charge on any atom is 0.408 e. The highest BCUT2D eigenvalue weighted by Gasteiger charge is 2.26. The largest absolute Gasteiger partial charge is 0.464 e. The molecule has 1 aromatic carbocycles.